The number of hydrogen-bond donors (Lipinski definition) is 1. The summed E-state index contributed by atoms with van der Waals surface area (Å²) in [6.45, 7) is 5.15. The summed E-state index contributed by atoms with van der Waals surface area (Å²) < 4.78 is 27.3. The zero-order valence-electron chi connectivity index (χ0n) is 9.72. The Bertz CT molecular complexity index is 517. The zero-order chi connectivity index (χ0) is 12.5. The minimum absolute atomic E-state index is 0.231. The van der Waals surface area contributed by atoms with Crippen molar-refractivity contribution in [3.63, 3.8) is 0 Å². The predicted octanol–water partition coefficient (Wildman–Crippen LogP) is 0.986. The molecule has 2 bridgehead atoms. The van der Waals surface area contributed by atoms with E-state index in [9.17, 15) is 14.5 Å². The van der Waals surface area contributed by atoms with Crippen molar-refractivity contribution >= 4 is 13.6 Å². The van der Waals surface area contributed by atoms with Crippen LogP contribution in [0.15, 0.2) is 0 Å². The third kappa shape index (κ3) is 0.755. The van der Waals surface area contributed by atoms with Crippen molar-refractivity contribution in [3.05, 3.63) is 0 Å². The lowest BCUT2D eigenvalue weighted by atomic mass is 9.78. The number of phosphoric ester groups is 1. The average molecular weight is 260 g/mol. The van der Waals surface area contributed by atoms with Crippen molar-refractivity contribution in [3.8, 4) is 0 Å². The van der Waals surface area contributed by atoms with Gasteiger partial charge in [0.25, 0.3) is 0 Å². The van der Waals surface area contributed by atoms with Crippen LogP contribution in [0, 0.1) is 11.3 Å². The Balaban J connectivity index is 1.88. The van der Waals surface area contributed by atoms with Gasteiger partial charge in [-0.15, -0.1) is 0 Å². The Kier molecular flexibility index (Phi) is 1.36. The summed E-state index contributed by atoms with van der Waals surface area (Å²) >= 11 is 0. The van der Waals surface area contributed by atoms with Crippen LogP contribution >= 0.6 is 7.82 Å². The van der Waals surface area contributed by atoms with Gasteiger partial charge in [-0.3, -0.25) is 9.32 Å². The largest absolute Gasteiger partial charge is 0.481 e. The molecule has 3 aliphatic heterocycles. The Hall–Kier alpha value is -0.260. The number of fused-ring (bicyclic) bond motifs is 1. The van der Waals surface area contributed by atoms with Crippen LogP contribution in [-0.2, 0) is 22.9 Å². The summed E-state index contributed by atoms with van der Waals surface area (Å²) in [5.41, 5.74) is -3.36. The van der Waals surface area contributed by atoms with Gasteiger partial charge in [0.2, 0.25) is 11.6 Å². The molecule has 3 saturated heterocycles. The van der Waals surface area contributed by atoms with E-state index in [2.05, 4.69) is 0 Å². The molecule has 0 amide bonds. The van der Waals surface area contributed by atoms with Gasteiger partial charge in [0.1, 0.15) is 5.60 Å². The molecule has 0 aromatic rings. The van der Waals surface area contributed by atoms with Crippen LogP contribution in [0.1, 0.15) is 27.2 Å². The van der Waals surface area contributed by atoms with Crippen LogP contribution in [0.5, 0.6) is 0 Å². The highest BCUT2D eigenvalue weighted by Crippen LogP contribution is 2.85. The predicted molar refractivity (Wildman–Crippen MR) is 53.8 cm³/mol. The standard InChI is InChI=1S/C10H13O6P/c1-7(2)5-4-9-8(3,6(11)10(5,7)12)14-17(13,15-9)16-9/h5,12H,4H2,1-3H3. The molecule has 1 spiro atoms. The molecule has 0 radical (unpaired) electrons. The highest BCUT2D eigenvalue weighted by atomic mass is 31.2. The maximum Gasteiger partial charge on any atom is 0.481 e. The van der Waals surface area contributed by atoms with Crippen molar-refractivity contribution in [2.24, 2.45) is 11.3 Å². The van der Waals surface area contributed by atoms with Gasteiger partial charge >= 0.3 is 7.82 Å². The second-order valence-corrected chi connectivity index (χ2v) is 7.52. The fourth-order valence-electron chi connectivity index (χ4n) is 3.69. The summed E-state index contributed by atoms with van der Waals surface area (Å²) in [6, 6.07) is 0. The molecule has 5 fully saturated rings. The summed E-state index contributed by atoms with van der Waals surface area (Å²) in [6.07, 6.45) is 0.336. The SMILES string of the molecule is CC12OP3(=O)OC1(CC1C(C)(C)C1(O)C2=O)O3. The molecule has 1 N–H and O–H groups in total. The lowest BCUT2D eigenvalue weighted by Crippen LogP contribution is -2.63. The van der Waals surface area contributed by atoms with Gasteiger partial charge < -0.3 is 5.11 Å². The highest BCUT2D eigenvalue weighted by Gasteiger charge is 2.92. The van der Waals surface area contributed by atoms with Gasteiger partial charge in [-0.05, 0) is 6.92 Å². The lowest BCUT2D eigenvalue weighted by Gasteiger charge is -2.42. The van der Waals surface area contributed by atoms with E-state index in [1.54, 1.807) is 0 Å². The van der Waals surface area contributed by atoms with Gasteiger partial charge in [-0.25, -0.2) is 13.6 Å². The first kappa shape index (κ1) is 10.6. The van der Waals surface area contributed by atoms with E-state index in [0.717, 1.165) is 0 Å². The molecule has 17 heavy (non-hydrogen) atoms. The van der Waals surface area contributed by atoms with E-state index in [4.69, 9.17) is 13.6 Å². The van der Waals surface area contributed by atoms with Crippen LogP contribution < -0.4 is 0 Å². The molecule has 94 valence electrons. The molecule has 2 saturated carbocycles. The molecule has 7 heteroatoms. The smallest absolute Gasteiger partial charge is 0.381 e. The number of rotatable bonds is 0. The Morgan fingerprint density at radius 3 is 2.47 bits per heavy atom. The summed E-state index contributed by atoms with van der Waals surface area (Å²) in [4.78, 5) is 12.4. The molecule has 5 rings (SSSR count). The van der Waals surface area contributed by atoms with Crippen LogP contribution in [0.2, 0.25) is 0 Å². The second-order valence-electron chi connectivity index (χ2n) is 6.08. The van der Waals surface area contributed by atoms with Crippen molar-refractivity contribution in [1.29, 1.82) is 0 Å². The van der Waals surface area contributed by atoms with E-state index in [-0.39, 0.29) is 5.92 Å². The lowest BCUT2D eigenvalue weighted by molar-refractivity contribution is -0.229. The summed E-state index contributed by atoms with van der Waals surface area (Å²) in [7, 11) is -3.53. The molecule has 0 aromatic carbocycles. The Morgan fingerprint density at radius 1 is 1.29 bits per heavy atom. The van der Waals surface area contributed by atoms with Crippen molar-refractivity contribution in [1.82, 2.24) is 0 Å². The van der Waals surface area contributed by atoms with Crippen LogP contribution in [0.4, 0.5) is 0 Å². The monoisotopic (exact) mass is 260 g/mol. The van der Waals surface area contributed by atoms with Gasteiger partial charge in [0.15, 0.2) is 5.60 Å². The van der Waals surface area contributed by atoms with Crippen LogP contribution in [-0.4, -0.2) is 27.9 Å². The number of Topliss-reactive ketones (excluding diaryl/α,β-unsaturated/α-hetero) is 1. The van der Waals surface area contributed by atoms with Crippen LogP contribution in [0.3, 0.4) is 0 Å². The van der Waals surface area contributed by atoms with Crippen molar-refractivity contribution in [2.45, 2.75) is 44.2 Å². The fourth-order valence-corrected chi connectivity index (χ4v) is 5.67. The quantitative estimate of drug-likeness (QED) is 0.654. The van der Waals surface area contributed by atoms with E-state index >= 15 is 0 Å². The number of ketones is 1. The van der Waals surface area contributed by atoms with Gasteiger partial charge in [-0.1, -0.05) is 13.8 Å². The van der Waals surface area contributed by atoms with E-state index in [0.29, 0.717) is 6.42 Å². The molecule has 2 aliphatic carbocycles. The number of hydrogen-bond acceptors (Lipinski definition) is 6. The normalized spacial score (nSPS) is 65.9. The first-order chi connectivity index (χ1) is 7.62. The highest BCUT2D eigenvalue weighted by molar-refractivity contribution is 7.50. The maximum atomic E-state index is 12.4. The molecular weight excluding hydrogens is 247 g/mol. The third-order valence-electron chi connectivity index (χ3n) is 5.07. The maximum absolute atomic E-state index is 12.4. The second kappa shape index (κ2) is 2.17. The van der Waals surface area contributed by atoms with Gasteiger partial charge in [0, 0.05) is 17.8 Å². The molecule has 3 heterocycles. The molecule has 0 aromatic heterocycles. The number of phosphoric acid groups is 1. The Labute approximate surface area is 97.8 Å². The molecular formula is C10H13O6P. The number of aliphatic hydroxyl groups is 1. The average Bonchev–Trinajstić information content (AvgIpc) is 2.45. The van der Waals surface area contributed by atoms with Gasteiger partial charge in [-0.2, -0.15) is 0 Å². The van der Waals surface area contributed by atoms with Crippen molar-refractivity contribution in [2.75, 3.05) is 0 Å². The zero-order valence-corrected chi connectivity index (χ0v) is 10.6. The fraction of sp³-hybridized carbons (Fsp3) is 0.900. The molecule has 3 unspecified atom stereocenters. The number of carbonyl (C=O) groups is 1. The first-order valence-electron chi connectivity index (χ1n) is 5.61. The van der Waals surface area contributed by atoms with Crippen LogP contribution in [0.25, 0.3) is 0 Å². The van der Waals surface area contributed by atoms with E-state index in [1.165, 1.54) is 6.92 Å². The summed E-state index contributed by atoms with van der Waals surface area (Å²) in [5.74, 6) is -1.95. The third-order valence-corrected chi connectivity index (χ3v) is 6.69. The van der Waals surface area contributed by atoms with Gasteiger partial charge in [0.05, 0.1) is 0 Å². The molecule has 6 nitrogen and oxygen atoms in total. The number of carbonyl (C=O) groups excluding carboxylic acids is 1. The Morgan fingerprint density at radius 2 is 1.88 bits per heavy atom. The van der Waals surface area contributed by atoms with E-state index < -0.39 is 36.0 Å². The molecule has 3 atom stereocenters. The van der Waals surface area contributed by atoms with Crippen molar-refractivity contribution < 1.29 is 28.0 Å². The minimum Gasteiger partial charge on any atom is -0.381 e. The molecule has 5 aliphatic rings. The topological polar surface area (TPSA) is 82.1 Å². The first-order valence-corrected chi connectivity index (χ1v) is 7.07. The van der Waals surface area contributed by atoms with E-state index in [1.807, 2.05) is 13.8 Å². The summed E-state index contributed by atoms with van der Waals surface area (Å²) in [5, 5.41) is 10.4. The minimum atomic E-state index is -3.53.